The summed E-state index contributed by atoms with van der Waals surface area (Å²) < 4.78 is 61.9. The highest BCUT2D eigenvalue weighted by atomic mass is 19.4. The predicted octanol–water partition coefficient (Wildman–Crippen LogP) is 2.98. The standard InChI is InChI=1S/C18H21F4N3O3/c1-27-17(16-23-15(24-28-16)10-18(20,21)22)6-8-25(9-7-17)11-14(26)12-4-2-3-5-13(12)19/h2-5,14,26H,6-11H2,1H3/t14-/m1/s1. The van der Waals surface area contributed by atoms with E-state index >= 15 is 0 Å². The van der Waals surface area contributed by atoms with Crippen molar-refractivity contribution in [3.8, 4) is 0 Å². The molecule has 0 radical (unpaired) electrons. The van der Waals surface area contributed by atoms with Crippen LogP contribution in [0.25, 0.3) is 0 Å². The number of piperidine rings is 1. The van der Waals surface area contributed by atoms with Crippen LogP contribution in [-0.4, -0.2) is 53.1 Å². The van der Waals surface area contributed by atoms with Crippen LogP contribution in [0.4, 0.5) is 17.6 Å². The Bertz CT molecular complexity index is 788. The van der Waals surface area contributed by atoms with Gasteiger partial charge >= 0.3 is 6.18 Å². The van der Waals surface area contributed by atoms with Crippen molar-refractivity contribution in [1.29, 1.82) is 0 Å². The molecule has 1 N–H and O–H groups in total. The van der Waals surface area contributed by atoms with Crippen LogP contribution in [0.1, 0.15) is 36.2 Å². The van der Waals surface area contributed by atoms with Crippen molar-refractivity contribution in [2.24, 2.45) is 0 Å². The van der Waals surface area contributed by atoms with Gasteiger partial charge in [-0.3, -0.25) is 0 Å². The molecule has 0 bridgehead atoms. The van der Waals surface area contributed by atoms with E-state index in [1.54, 1.807) is 12.1 Å². The molecule has 10 heteroatoms. The number of benzene rings is 1. The maximum Gasteiger partial charge on any atom is 0.396 e. The molecule has 0 unspecified atom stereocenters. The van der Waals surface area contributed by atoms with Crippen LogP contribution in [0.15, 0.2) is 28.8 Å². The average molecular weight is 403 g/mol. The first kappa shape index (κ1) is 20.7. The zero-order valence-electron chi connectivity index (χ0n) is 15.2. The van der Waals surface area contributed by atoms with Gasteiger partial charge in [0.2, 0.25) is 0 Å². The molecule has 1 fully saturated rings. The van der Waals surface area contributed by atoms with E-state index in [0.29, 0.717) is 25.9 Å². The summed E-state index contributed by atoms with van der Waals surface area (Å²) >= 11 is 0. The number of aromatic nitrogens is 2. The molecule has 1 aromatic carbocycles. The third kappa shape index (κ3) is 4.68. The molecule has 1 aromatic heterocycles. The first-order valence-corrected chi connectivity index (χ1v) is 8.82. The van der Waals surface area contributed by atoms with Crippen LogP contribution < -0.4 is 0 Å². The number of halogens is 4. The van der Waals surface area contributed by atoms with E-state index in [1.807, 2.05) is 4.90 Å². The van der Waals surface area contributed by atoms with Crippen molar-refractivity contribution < 1.29 is 31.9 Å². The van der Waals surface area contributed by atoms with Gasteiger partial charge < -0.3 is 19.3 Å². The van der Waals surface area contributed by atoms with Crippen molar-refractivity contribution >= 4 is 0 Å². The minimum Gasteiger partial charge on any atom is -0.387 e. The van der Waals surface area contributed by atoms with Gasteiger partial charge in [-0.25, -0.2) is 4.39 Å². The van der Waals surface area contributed by atoms with Gasteiger partial charge in [-0.2, -0.15) is 18.2 Å². The lowest BCUT2D eigenvalue weighted by Crippen LogP contribution is -2.45. The fourth-order valence-electron chi connectivity index (χ4n) is 3.38. The summed E-state index contributed by atoms with van der Waals surface area (Å²) in [6, 6.07) is 6.03. The van der Waals surface area contributed by atoms with E-state index in [0.717, 1.165) is 0 Å². The second-order valence-corrected chi connectivity index (χ2v) is 6.84. The van der Waals surface area contributed by atoms with Crippen LogP contribution in [0.2, 0.25) is 0 Å². The summed E-state index contributed by atoms with van der Waals surface area (Å²) in [7, 11) is 1.44. The van der Waals surface area contributed by atoms with Crippen molar-refractivity contribution in [2.75, 3.05) is 26.7 Å². The zero-order chi connectivity index (χ0) is 20.4. The summed E-state index contributed by atoms with van der Waals surface area (Å²) in [6.07, 6.45) is -5.90. The predicted molar refractivity (Wildman–Crippen MR) is 89.8 cm³/mol. The number of aliphatic hydroxyl groups excluding tert-OH is 1. The lowest BCUT2D eigenvalue weighted by atomic mass is 9.90. The molecule has 6 nitrogen and oxygen atoms in total. The van der Waals surface area contributed by atoms with Crippen molar-refractivity contribution in [3.63, 3.8) is 0 Å². The number of methoxy groups -OCH3 is 1. The second kappa shape index (κ2) is 8.14. The van der Waals surface area contributed by atoms with Gasteiger partial charge in [0, 0.05) is 32.3 Å². The van der Waals surface area contributed by atoms with Gasteiger partial charge in [0.15, 0.2) is 5.82 Å². The quantitative estimate of drug-likeness (QED) is 0.748. The first-order chi connectivity index (χ1) is 13.2. The fraction of sp³-hybridized carbons (Fsp3) is 0.556. The molecule has 2 heterocycles. The molecule has 0 spiro atoms. The smallest absolute Gasteiger partial charge is 0.387 e. The van der Waals surface area contributed by atoms with E-state index in [-0.39, 0.29) is 18.0 Å². The minimum absolute atomic E-state index is 0.0172. The van der Waals surface area contributed by atoms with Crippen molar-refractivity contribution in [3.05, 3.63) is 47.4 Å². The van der Waals surface area contributed by atoms with Gasteiger partial charge in [0.1, 0.15) is 17.8 Å². The summed E-state index contributed by atoms with van der Waals surface area (Å²) in [5.74, 6) is -0.888. The number of hydrogen-bond donors (Lipinski definition) is 1. The summed E-state index contributed by atoms with van der Waals surface area (Å²) in [4.78, 5) is 5.80. The van der Waals surface area contributed by atoms with E-state index in [4.69, 9.17) is 9.26 Å². The van der Waals surface area contributed by atoms with Gasteiger partial charge in [0.05, 0.1) is 6.10 Å². The third-order valence-electron chi connectivity index (χ3n) is 4.97. The van der Waals surface area contributed by atoms with Crippen LogP contribution in [0.5, 0.6) is 0 Å². The lowest BCUT2D eigenvalue weighted by Gasteiger charge is -2.38. The molecule has 0 amide bonds. The van der Waals surface area contributed by atoms with Gasteiger partial charge in [-0.05, 0) is 18.9 Å². The number of ether oxygens (including phenoxy) is 1. The SMILES string of the molecule is COC1(c2nc(CC(F)(F)F)no2)CCN(C[C@@H](O)c2ccccc2F)CC1. The Morgan fingerprint density at radius 3 is 2.57 bits per heavy atom. The van der Waals surface area contributed by atoms with E-state index in [2.05, 4.69) is 10.1 Å². The maximum atomic E-state index is 13.8. The Hall–Kier alpha value is -2.04. The van der Waals surface area contributed by atoms with E-state index in [9.17, 15) is 22.7 Å². The lowest BCUT2D eigenvalue weighted by molar-refractivity contribution is -0.128. The first-order valence-electron chi connectivity index (χ1n) is 8.82. The van der Waals surface area contributed by atoms with Gasteiger partial charge in [0.25, 0.3) is 5.89 Å². The zero-order valence-corrected chi connectivity index (χ0v) is 15.2. The molecule has 1 aliphatic rings. The summed E-state index contributed by atoms with van der Waals surface area (Å²) in [5.41, 5.74) is -0.754. The molecule has 2 aromatic rings. The molecule has 1 aliphatic heterocycles. The molecule has 0 saturated carbocycles. The number of aliphatic hydroxyl groups is 1. The Morgan fingerprint density at radius 1 is 1.29 bits per heavy atom. The Morgan fingerprint density at radius 2 is 1.96 bits per heavy atom. The maximum absolute atomic E-state index is 13.8. The molecule has 0 aliphatic carbocycles. The molecular weight excluding hydrogens is 382 g/mol. The number of rotatable bonds is 6. The summed E-state index contributed by atoms with van der Waals surface area (Å²) in [5, 5.41) is 13.7. The number of alkyl halides is 3. The molecule has 154 valence electrons. The van der Waals surface area contributed by atoms with Crippen LogP contribution in [0.3, 0.4) is 0 Å². The molecule has 1 atom stereocenters. The third-order valence-corrected chi connectivity index (χ3v) is 4.97. The van der Waals surface area contributed by atoms with Crippen LogP contribution in [0, 0.1) is 5.82 Å². The van der Waals surface area contributed by atoms with E-state index in [1.165, 1.54) is 19.2 Å². The second-order valence-electron chi connectivity index (χ2n) is 6.84. The highest BCUT2D eigenvalue weighted by molar-refractivity contribution is 5.20. The number of hydrogen-bond acceptors (Lipinski definition) is 6. The Labute approximate surface area is 159 Å². The summed E-state index contributed by atoms with van der Waals surface area (Å²) in [6.45, 7) is 1.16. The molecule has 3 rings (SSSR count). The number of likely N-dealkylation sites (tertiary alicyclic amines) is 1. The Kier molecular flexibility index (Phi) is 6.01. The normalized spacial score (nSPS) is 18.9. The van der Waals surface area contributed by atoms with Crippen molar-refractivity contribution in [2.45, 2.75) is 37.1 Å². The highest BCUT2D eigenvalue weighted by Crippen LogP contribution is 2.36. The monoisotopic (exact) mass is 403 g/mol. The molecule has 28 heavy (non-hydrogen) atoms. The Balaban J connectivity index is 1.63. The molecule has 1 saturated heterocycles. The van der Waals surface area contributed by atoms with Gasteiger partial charge in [-0.1, -0.05) is 23.4 Å². The number of nitrogens with zero attached hydrogens (tertiary/aromatic N) is 3. The van der Waals surface area contributed by atoms with Crippen LogP contribution >= 0.6 is 0 Å². The molecular formula is C18H21F4N3O3. The van der Waals surface area contributed by atoms with Gasteiger partial charge in [-0.15, -0.1) is 0 Å². The van der Waals surface area contributed by atoms with Crippen molar-refractivity contribution in [1.82, 2.24) is 15.0 Å². The fourth-order valence-corrected chi connectivity index (χ4v) is 3.38. The van der Waals surface area contributed by atoms with Crippen LogP contribution in [-0.2, 0) is 16.8 Å². The highest BCUT2D eigenvalue weighted by Gasteiger charge is 2.42. The average Bonchev–Trinajstić information content (AvgIpc) is 3.10. The van der Waals surface area contributed by atoms with E-state index < -0.39 is 35.9 Å². The number of β-amino-alcohol motifs (C(OH)–C–C–N with tert-alkyl or cyclic N) is 1. The minimum atomic E-state index is -4.42. The topological polar surface area (TPSA) is 71.6 Å². The largest absolute Gasteiger partial charge is 0.396 e.